The lowest BCUT2D eigenvalue weighted by molar-refractivity contribution is 0.509. The summed E-state index contributed by atoms with van der Waals surface area (Å²) >= 11 is 0. The summed E-state index contributed by atoms with van der Waals surface area (Å²) in [5.41, 5.74) is 8.32. The van der Waals surface area contributed by atoms with Gasteiger partial charge in [-0.3, -0.25) is 4.98 Å². The fourth-order valence-corrected chi connectivity index (χ4v) is 2.14. The number of aromatic nitrogens is 1. The molecule has 1 aromatic rings. The Morgan fingerprint density at radius 2 is 2.38 bits per heavy atom. The van der Waals surface area contributed by atoms with E-state index < -0.39 is 0 Å². The van der Waals surface area contributed by atoms with E-state index in [0.717, 1.165) is 18.4 Å². The van der Waals surface area contributed by atoms with E-state index in [1.807, 2.05) is 18.5 Å². The van der Waals surface area contributed by atoms with E-state index in [-0.39, 0.29) is 6.04 Å². The Bertz CT molecular complexity index is 351. The number of nitrogens with one attached hydrogen (secondary N) is 1. The largest absolute Gasteiger partial charge is 0.329 e. The number of nitrogens with zero attached hydrogens (tertiary/aromatic N) is 1. The van der Waals surface area contributed by atoms with Crippen LogP contribution in [0.5, 0.6) is 0 Å². The van der Waals surface area contributed by atoms with Crippen molar-refractivity contribution in [2.45, 2.75) is 26.3 Å². The molecule has 0 spiro atoms. The maximum atomic E-state index is 5.82. The van der Waals surface area contributed by atoms with Crippen LogP contribution in [-0.4, -0.2) is 18.1 Å². The quantitative estimate of drug-likeness (QED) is 0.791. The van der Waals surface area contributed by atoms with Crippen molar-refractivity contribution in [2.24, 2.45) is 17.6 Å². The molecule has 16 heavy (non-hydrogen) atoms. The van der Waals surface area contributed by atoms with E-state index in [2.05, 4.69) is 24.1 Å². The third-order valence-electron chi connectivity index (χ3n) is 3.59. The standard InChI is InChI=1S/C13H21N3/c1-9-3-4-15-8-12(9)13(6-14)16-7-11-5-10(11)2/h3-4,8,10-11,13,16H,5-7,14H2,1-2H3. The number of pyridine rings is 1. The zero-order chi connectivity index (χ0) is 11.5. The number of aryl methyl sites for hydroxylation is 1. The minimum Gasteiger partial charge on any atom is -0.329 e. The Hall–Kier alpha value is -0.930. The Morgan fingerprint density at radius 1 is 1.62 bits per heavy atom. The maximum absolute atomic E-state index is 5.82. The molecular weight excluding hydrogens is 198 g/mol. The van der Waals surface area contributed by atoms with E-state index in [9.17, 15) is 0 Å². The first kappa shape index (κ1) is 11.6. The summed E-state index contributed by atoms with van der Waals surface area (Å²) in [5, 5.41) is 3.55. The SMILES string of the molecule is Cc1ccncc1C(CN)NCC1CC1C. The van der Waals surface area contributed by atoms with Crippen molar-refractivity contribution in [2.75, 3.05) is 13.1 Å². The van der Waals surface area contributed by atoms with Gasteiger partial charge in [-0.1, -0.05) is 6.92 Å². The molecule has 0 radical (unpaired) electrons. The third-order valence-corrected chi connectivity index (χ3v) is 3.59. The number of nitrogens with two attached hydrogens (primary N) is 1. The Labute approximate surface area is 97.5 Å². The van der Waals surface area contributed by atoms with Gasteiger partial charge in [-0.25, -0.2) is 0 Å². The summed E-state index contributed by atoms with van der Waals surface area (Å²) in [6, 6.07) is 2.29. The molecule has 3 heteroatoms. The predicted octanol–water partition coefficient (Wildman–Crippen LogP) is 1.64. The van der Waals surface area contributed by atoms with Crippen LogP contribution in [0.2, 0.25) is 0 Å². The van der Waals surface area contributed by atoms with Gasteiger partial charge < -0.3 is 11.1 Å². The fraction of sp³-hybridized carbons (Fsp3) is 0.615. The fourth-order valence-electron chi connectivity index (χ4n) is 2.14. The van der Waals surface area contributed by atoms with Crippen LogP contribution in [0.1, 0.15) is 30.5 Å². The minimum absolute atomic E-state index is 0.251. The van der Waals surface area contributed by atoms with Crippen LogP contribution in [-0.2, 0) is 0 Å². The highest BCUT2D eigenvalue weighted by Crippen LogP contribution is 2.37. The summed E-state index contributed by atoms with van der Waals surface area (Å²) in [4.78, 5) is 4.18. The molecule has 2 rings (SSSR count). The van der Waals surface area contributed by atoms with Crippen molar-refractivity contribution in [3.05, 3.63) is 29.6 Å². The molecule has 0 aliphatic heterocycles. The van der Waals surface area contributed by atoms with Crippen LogP contribution >= 0.6 is 0 Å². The van der Waals surface area contributed by atoms with Gasteiger partial charge in [-0.05, 0) is 48.9 Å². The van der Waals surface area contributed by atoms with Crippen LogP contribution < -0.4 is 11.1 Å². The van der Waals surface area contributed by atoms with E-state index in [1.54, 1.807) is 0 Å². The normalized spacial score (nSPS) is 25.4. The number of hydrogen-bond acceptors (Lipinski definition) is 3. The molecule has 1 aromatic heterocycles. The van der Waals surface area contributed by atoms with E-state index in [4.69, 9.17) is 5.73 Å². The van der Waals surface area contributed by atoms with Crippen molar-refractivity contribution >= 4 is 0 Å². The highest BCUT2D eigenvalue weighted by Gasteiger charge is 2.32. The summed E-state index contributed by atoms with van der Waals surface area (Å²) in [5.74, 6) is 1.74. The van der Waals surface area contributed by atoms with Crippen LogP contribution in [0.3, 0.4) is 0 Å². The smallest absolute Gasteiger partial charge is 0.0462 e. The summed E-state index contributed by atoms with van der Waals surface area (Å²) in [7, 11) is 0. The molecule has 0 aromatic carbocycles. The molecule has 0 bridgehead atoms. The van der Waals surface area contributed by atoms with Gasteiger partial charge in [0.1, 0.15) is 0 Å². The van der Waals surface area contributed by atoms with Crippen LogP contribution in [0, 0.1) is 18.8 Å². The van der Waals surface area contributed by atoms with Gasteiger partial charge in [-0.15, -0.1) is 0 Å². The molecule has 3 atom stereocenters. The van der Waals surface area contributed by atoms with Crippen molar-refractivity contribution in [3.8, 4) is 0 Å². The third kappa shape index (κ3) is 2.60. The lowest BCUT2D eigenvalue weighted by atomic mass is 10.0. The van der Waals surface area contributed by atoms with Crippen LogP contribution in [0.15, 0.2) is 18.5 Å². The zero-order valence-corrected chi connectivity index (χ0v) is 10.1. The van der Waals surface area contributed by atoms with Gasteiger partial charge in [0.25, 0.3) is 0 Å². The summed E-state index contributed by atoms with van der Waals surface area (Å²) in [6.45, 7) is 6.13. The van der Waals surface area contributed by atoms with Gasteiger partial charge in [0.2, 0.25) is 0 Å². The molecule has 1 saturated carbocycles. The average Bonchev–Trinajstić information content (AvgIpc) is 2.98. The van der Waals surface area contributed by atoms with Gasteiger partial charge in [0.05, 0.1) is 0 Å². The first-order valence-corrected chi connectivity index (χ1v) is 6.06. The van der Waals surface area contributed by atoms with E-state index in [1.165, 1.54) is 17.5 Å². The minimum atomic E-state index is 0.251. The molecule has 1 heterocycles. The first-order valence-electron chi connectivity index (χ1n) is 6.06. The highest BCUT2D eigenvalue weighted by atomic mass is 14.9. The van der Waals surface area contributed by atoms with Crippen molar-refractivity contribution in [1.82, 2.24) is 10.3 Å². The number of hydrogen-bond donors (Lipinski definition) is 2. The van der Waals surface area contributed by atoms with Gasteiger partial charge in [-0.2, -0.15) is 0 Å². The Balaban J connectivity index is 1.96. The van der Waals surface area contributed by atoms with Crippen LogP contribution in [0.4, 0.5) is 0 Å². The second-order valence-corrected chi connectivity index (χ2v) is 4.90. The lowest BCUT2D eigenvalue weighted by Crippen LogP contribution is -2.30. The van der Waals surface area contributed by atoms with E-state index in [0.29, 0.717) is 6.54 Å². The monoisotopic (exact) mass is 219 g/mol. The van der Waals surface area contributed by atoms with Crippen LogP contribution in [0.25, 0.3) is 0 Å². The molecule has 1 aliphatic rings. The molecule has 1 aliphatic carbocycles. The zero-order valence-electron chi connectivity index (χ0n) is 10.1. The van der Waals surface area contributed by atoms with Gasteiger partial charge >= 0.3 is 0 Å². The second-order valence-electron chi connectivity index (χ2n) is 4.90. The predicted molar refractivity (Wildman–Crippen MR) is 66.0 cm³/mol. The lowest BCUT2D eigenvalue weighted by Gasteiger charge is -2.18. The number of rotatable bonds is 5. The average molecular weight is 219 g/mol. The van der Waals surface area contributed by atoms with Crippen molar-refractivity contribution in [3.63, 3.8) is 0 Å². The molecule has 0 amide bonds. The maximum Gasteiger partial charge on any atom is 0.0462 e. The van der Waals surface area contributed by atoms with Gasteiger partial charge in [0, 0.05) is 25.0 Å². The highest BCUT2D eigenvalue weighted by molar-refractivity contribution is 5.25. The molecule has 3 N–H and O–H groups in total. The van der Waals surface area contributed by atoms with E-state index >= 15 is 0 Å². The molecule has 3 unspecified atom stereocenters. The second kappa shape index (κ2) is 4.93. The molecular formula is C13H21N3. The molecule has 1 fully saturated rings. The Kier molecular flexibility index (Phi) is 3.56. The molecule has 88 valence electrons. The molecule has 0 saturated heterocycles. The topological polar surface area (TPSA) is 50.9 Å². The summed E-state index contributed by atoms with van der Waals surface area (Å²) in [6.07, 6.45) is 5.11. The van der Waals surface area contributed by atoms with Crippen molar-refractivity contribution < 1.29 is 0 Å². The molecule has 3 nitrogen and oxygen atoms in total. The first-order chi connectivity index (χ1) is 7.72. The Morgan fingerprint density at radius 3 is 2.94 bits per heavy atom. The van der Waals surface area contributed by atoms with Gasteiger partial charge in [0.15, 0.2) is 0 Å². The van der Waals surface area contributed by atoms with Crippen molar-refractivity contribution in [1.29, 1.82) is 0 Å². The summed E-state index contributed by atoms with van der Waals surface area (Å²) < 4.78 is 0.